The number of nitrogens with zero attached hydrogens (tertiary/aromatic N) is 2. The van der Waals surface area contributed by atoms with E-state index in [4.69, 9.17) is 0 Å². The van der Waals surface area contributed by atoms with Crippen molar-refractivity contribution in [2.24, 2.45) is 0 Å². The Morgan fingerprint density at radius 2 is 1.41 bits per heavy atom. The van der Waals surface area contributed by atoms with E-state index in [9.17, 15) is 0 Å². The highest BCUT2D eigenvalue weighted by Crippen LogP contribution is 2.17. The van der Waals surface area contributed by atoms with Gasteiger partial charge in [0.15, 0.2) is 0 Å². The Hall–Kier alpha value is -1.80. The van der Waals surface area contributed by atoms with E-state index in [1.165, 1.54) is 5.56 Å². The molecule has 2 aromatic rings. The lowest BCUT2D eigenvalue weighted by molar-refractivity contribution is 0.402. The Balaban J connectivity index is 2.03. The van der Waals surface area contributed by atoms with Crippen LogP contribution in [0, 0.1) is 0 Å². The Bertz CT molecular complexity index is 446. The van der Waals surface area contributed by atoms with Crippen LogP contribution in [0.4, 0.5) is 11.4 Å². The molecule has 0 aliphatic heterocycles. The van der Waals surface area contributed by atoms with Gasteiger partial charge in [-0.1, -0.05) is 30.3 Å². The van der Waals surface area contributed by atoms with Gasteiger partial charge in [0.05, 0.1) is 11.4 Å². The van der Waals surface area contributed by atoms with Crippen molar-refractivity contribution in [1.82, 2.24) is 10.2 Å². The maximum absolute atomic E-state index is 4.55. The summed E-state index contributed by atoms with van der Waals surface area (Å²) in [5, 5.41) is 4.55. The first-order chi connectivity index (χ1) is 8.24. The van der Waals surface area contributed by atoms with E-state index in [2.05, 4.69) is 48.6 Å². The quantitative estimate of drug-likeness (QED) is 0.780. The zero-order valence-corrected chi connectivity index (χ0v) is 10.3. The van der Waals surface area contributed by atoms with Crippen molar-refractivity contribution in [1.29, 1.82) is 0 Å². The fraction of sp³-hybridized carbons (Fsp3) is 0.200. The third-order valence-electron chi connectivity index (χ3n) is 2.45. The Morgan fingerprint density at radius 1 is 0.824 bits per heavy atom. The van der Waals surface area contributed by atoms with Gasteiger partial charge in [-0.25, -0.2) is 5.32 Å². The van der Waals surface area contributed by atoms with Gasteiger partial charge in [-0.3, -0.25) is 0 Å². The molecule has 0 unspecified atom stereocenters. The van der Waals surface area contributed by atoms with Crippen LogP contribution in [0.2, 0.25) is 0 Å². The van der Waals surface area contributed by atoms with Gasteiger partial charge in [0.25, 0.3) is 0 Å². The smallest absolute Gasteiger partial charge is 0.0637 e. The second-order valence-corrected chi connectivity index (χ2v) is 4.35. The van der Waals surface area contributed by atoms with E-state index in [1.807, 2.05) is 30.3 Å². The minimum absolute atomic E-state index is 0.964. The van der Waals surface area contributed by atoms with Gasteiger partial charge in [-0.05, 0) is 43.9 Å². The number of hydrogen-bond donors (Lipinski definition) is 0. The molecule has 0 aliphatic rings. The molecule has 0 aromatic heterocycles. The second-order valence-electron chi connectivity index (χ2n) is 4.35. The zero-order chi connectivity index (χ0) is 12.1. The predicted molar refractivity (Wildman–Crippen MR) is 71.7 cm³/mol. The average molecular weight is 225 g/mol. The minimum atomic E-state index is 0.964. The van der Waals surface area contributed by atoms with Crippen LogP contribution < -0.4 is 5.32 Å². The Morgan fingerprint density at radius 3 is 2.00 bits per heavy atom. The monoisotopic (exact) mass is 225 g/mol. The summed E-state index contributed by atoms with van der Waals surface area (Å²) in [6, 6.07) is 18.4. The number of hydrogen-bond acceptors (Lipinski definition) is 1. The van der Waals surface area contributed by atoms with Crippen LogP contribution in [0.5, 0.6) is 0 Å². The molecule has 0 atom stereocenters. The Kier molecular flexibility index (Phi) is 3.78. The van der Waals surface area contributed by atoms with Crippen LogP contribution in [0.3, 0.4) is 0 Å². The highest BCUT2D eigenvalue weighted by molar-refractivity contribution is 5.48. The van der Waals surface area contributed by atoms with E-state index in [0.29, 0.717) is 0 Å². The van der Waals surface area contributed by atoms with Crippen molar-refractivity contribution in [2.75, 3.05) is 14.1 Å². The normalized spacial score (nSPS) is 10.5. The molecule has 0 aliphatic carbocycles. The standard InChI is InChI=1S/C15H17N2/c1-17(2)12-13-8-10-15(11-9-13)16-14-6-4-3-5-7-14/h3-11H,12H2,1-2H3. The molecule has 0 saturated carbocycles. The van der Waals surface area contributed by atoms with E-state index < -0.39 is 0 Å². The molecule has 2 rings (SSSR count). The first kappa shape index (κ1) is 11.7. The van der Waals surface area contributed by atoms with Crippen molar-refractivity contribution in [3.8, 4) is 0 Å². The summed E-state index contributed by atoms with van der Waals surface area (Å²) in [7, 11) is 4.14. The first-order valence-corrected chi connectivity index (χ1v) is 5.74. The molecule has 1 radical (unpaired) electrons. The molecule has 0 heterocycles. The highest BCUT2D eigenvalue weighted by atomic mass is 15.0. The molecule has 0 spiro atoms. The summed E-state index contributed by atoms with van der Waals surface area (Å²) in [5.41, 5.74) is 3.30. The third kappa shape index (κ3) is 3.61. The maximum Gasteiger partial charge on any atom is 0.0637 e. The Labute approximate surface area is 103 Å². The third-order valence-corrected chi connectivity index (χ3v) is 2.45. The molecular weight excluding hydrogens is 208 g/mol. The van der Waals surface area contributed by atoms with Crippen LogP contribution in [-0.4, -0.2) is 19.0 Å². The van der Waals surface area contributed by atoms with E-state index in [-0.39, 0.29) is 0 Å². The van der Waals surface area contributed by atoms with Crippen molar-refractivity contribution in [3.05, 3.63) is 60.2 Å². The molecule has 2 nitrogen and oxygen atoms in total. The van der Waals surface area contributed by atoms with Crippen LogP contribution in [0.1, 0.15) is 5.56 Å². The van der Waals surface area contributed by atoms with E-state index in [0.717, 1.165) is 17.9 Å². The summed E-state index contributed by atoms with van der Waals surface area (Å²) in [6.07, 6.45) is 0. The molecule has 17 heavy (non-hydrogen) atoms. The molecule has 0 N–H and O–H groups in total. The van der Waals surface area contributed by atoms with Crippen LogP contribution in [0.25, 0.3) is 0 Å². The van der Waals surface area contributed by atoms with Crippen LogP contribution in [-0.2, 0) is 6.54 Å². The van der Waals surface area contributed by atoms with E-state index >= 15 is 0 Å². The molecule has 0 bridgehead atoms. The van der Waals surface area contributed by atoms with Crippen molar-refractivity contribution < 1.29 is 0 Å². The number of para-hydroxylation sites is 1. The lowest BCUT2D eigenvalue weighted by Crippen LogP contribution is -2.10. The highest BCUT2D eigenvalue weighted by Gasteiger charge is 1.98. The topological polar surface area (TPSA) is 17.3 Å². The minimum Gasteiger partial charge on any atom is -0.305 e. The summed E-state index contributed by atoms with van der Waals surface area (Å²) in [6.45, 7) is 0.964. The summed E-state index contributed by atoms with van der Waals surface area (Å²) >= 11 is 0. The molecule has 87 valence electrons. The van der Waals surface area contributed by atoms with Gasteiger partial charge in [0, 0.05) is 6.54 Å². The van der Waals surface area contributed by atoms with Crippen LogP contribution in [0.15, 0.2) is 54.6 Å². The molecule has 2 aromatic carbocycles. The predicted octanol–water partition coefficient (Wildman–Crippen LogP) is 3.32. The lowest BCUT2D eigenvalue weighted by atomic mass is 10.2. The molecule has 0 amide bonds. The SMILES string of the molecule is CN(C)Cc1ccc([N]c2ccccc2)cc1. The summed E-state index contributed by atoms with van der Waals surface area (Å²) < 4.78 is 0. The van der Waals surface area contributed by atoms with Gasteiger partial charge >= 0.3 is 0 Å². The van der Waals surface area contributed by atoms with Crippen molar-refractivity contribution in [3.63, 3.8) is 0 Å². The second kappa shape index (κ2) is 5.51. The van der Waals surface area contributed by atoms with Crippen LogP contribution >= 0.6 is 0 Å². The molecular formula is C15H17N2. The molecule has 2 heteroatoms. The largest absolute Gasteiger partial charge is 0.305 e. The van der Waals surface area contributed by atoms with Gasteiger partial charge in [-0.15, -0.1) is 0 Å². The fourth-order valence-electron chi connectivity index (χ4n) is 1.69. The zero-order valence-electron chi connectivity index (χ0n) is 10.3. The van der Waals surface area contributed by atoms with Crippen molar-refractivity contribution in [2.45, 2.75) is 6.54 Å². The average Bonchev–Trinajstić information content (AvgIpc) is 2.32. The fourth-order valence-corrected chi connectivity index (χ4v) is 1.69. The summed E-state index contributed by atoms with van der Waals surface area (Å²) in [4.78, 5) is 2.16. The van der Waals surface area contributed by atoms with Crippen molar-refractivity contribution >= 4 is 11.4 Å². The number of benzene rings is 2. The first-order valence-electron chi connectivity index (χ1n) is 5.74. The summed E-state index contributed by atoms with van der Waals surface area (Å²) in [5.74, 6) is 0. The maximum atomic E-state index is 4.55. The van der Waals surface area contributed by atoms with Gasteiger partial charge in [-0.2, -0.15) is 0 Å². The lowest BCUT2D eigenvalue weighted by Gasteiger charge is -2.10. The van der Waals surface area contributed by atoms with E-state index in [1.54, 1.807) is 0 Å². The number of rotatable bonds is 4. The van der Waals surface area contributed by atoms with Gasteiger partial charge in [0.1, 0.15) is 0 Å². The molecule has 0 fully saturated rings. The van der Waals surface area contributed by atoms with Gasteiger partial charge in [0.2, 0.25) is 0 Å². The van der Waals surface area contributed by atoms with Gasteiger partial charge < -0.3 is 4.90 Å². The molecule has 0 saturated heterocycles.